The van der Waals surface area contributed by atoms with Crippen LogP contribution in [-0.4, -0.2) is 30.3 Å². The Balaban J connectivity index is 1.59. The number of benzene rings is 1. The number of methoxy groups -OCH3 is 1. The molecule has 2 heterocycles. The van der Waals surface area contributed by atoms with Gasteiger partial charge in [-0.1, -0.05) is 31.1 Å². The van der Waals surface area contributed by atoms with Crippen LogP contribution < -0.4 is 9.64 Å². The van der Waals surface area contributed by atoms with Gasteiger partial charge in [0.2, 0.25) is 0 Å². The molecule has 1 aromatic carbocycles. The van der Waals surface area contributed by atoms with Crippen molar-refractivity contribution in [3.05, 3.63) is 35.7 Å². The molecule has 0 saturated carbocycles. The van der Waals surface area contributed by atoms with E-state index >= 15 is 0 Å². The van der Waals surface area contributed by atoms with Gasteiger partial charge in [-0.2, -0.15) is 4.98 Å². The Hall–Kier alpha value is -2.04. The third-order valence-electron chi connectivity index (χ3n) is 4.19. The molecule has 1 fully saturated rings. The van der Waals surface area contributed by atoms with E-state index < -0.39 is 0 Å². The van der Waals surface area contributed by atoms with E-state index in [9.17, 15) is 0 Å². The van der Waals surface area contributed by atoms with Crippen LogP contribution in [0.25, 0.3) is 0 Å². The zero-order chi connectivity index (χ0) is 15.5. The normalized spacial score (nSPS) is 18.2. The van der Waals surface area contributed by atoms with E-state index in [4.69, 9.17) is 9.26 Å². The number of hydrogen-bond donors (Lipinski definition) is 0. The van der Waals surface area contributed by atoms with E-state index in [1.54, 1.807) is 7.11 Å². The van der Waals surface area contributed by atoms with Gasteiger partial charge in [0.1, 0.15) is 5.75 Å². The smallest absolute Gasteiger partial charge is 0.324 e. The van der Waals surface area contributed by atoms with Gasteiger partial charge in [0.25, 0.3) is 0 Å². The lowest BCUT2D eigenvalue weighted by Crippen LogP contribution is -2.20. The van der Waals surface area contributed by atoms with E-state index in [-0.39, 0.29) is 0 Å². The summed E-state index contributed by atoms with van der Waals surface area (Å²) in [5.74, 6) is 2.62. The number of nitrogens with zero attached hydrogens (tertiary/aromatic N) is 3. The molecule has 1 unspecified atom stereocenters. The molecule has 1 aliphatic heterocycles. The summed E-state index contributed by atoms with van der Waals surface area (Å²) in [6.07, 6.45) is 2.23. The van der Waals surface area contributed by atoms with Crippen molar-refractivity contribution in [3.63, 3.8) is 0 Å². The van der Waals surface area contributed by atoms with Gasteiger partial charge in [0.15, 0.2) is 5.82 Å². The largest absolute Gasteiger partial charge is 0.497 e. The summed E-state index contributed by atoms with van der Waals surface area (Å²) < 4.78 is 10.6. The Labute approximate surface area is 131 Å². The lowest BCUT2D eigenvalue weighted by molar-refractivity contribution is 0.407. The highest BCUT2D eigenvalue weighted by Crippen LogP contribution is 2.26. The summed E-state index contributed by atoms with van der Waals surface area (Å²) in [7, 11) is 1.69. The van der Waals surface area contributed by atoms with Crippen LogP contribution >= 0.6 is 0 Å². The van der Waals surface area contributed by atoms with Crippen LogP contribution in [0, 0.1) is 5.92 Å². The second-order valence-electron chi connectivity index (χ2n) is 6.24. The Morgan fingerprint density at radius 2 is 2.09 bits per heavy atom. The molecule has 3 rings (SSSR count). The predicted octanol–water partition coefficient (Wildman–Crippen LogP) is 3.27. The van der Waals surface area contributed by atoms with E-state index in [1.807, 2.05) is 12.1 Å². The molecule has 5 nitrogen and oxygen atoms in total. The van der Waals surface area contributed by atoms with Crippen LogP contribution in [-0.2, 0) is 6.42 Å². The molecule has 1 aliphatic rings. The highest BCUT2D eigenvalue weighted by molar-refractivity contribution is 5.30. The van der Waals surface area contributed by atoms with Gasteiger partial charge in [-0.25, -0.2) is 0 Å². The van der Waals surface area contributed by atoms with Crippen molar-refractivity contribution in [2.24, 2.45) is 5.92 Å². The molecular weight excluding hydrogens is 278 g/mol. The summed E-state index contributed by atoms with van der Waals surface area (Å²) in [6, 6.07) is 9.00. The maximum absolute atomic E-state index is 5.39. The van der Waals surface area contributed by atoms with Crippen molar-refractivity contribution < 1.29 is 9.26 Å². The van der Waals surface area contributed by atoms with E-state index in [1.165, 1.54) is 5.56 Å². The SMILES string of the molecule is COc1ccc(CC2CCN(c3nc(C(C)C)no3)C2)cc1. The molecule has 0 bridgehead atoms. The zero-order valence-corrected chi connectivity index (χ0v) is 13.5. The summed E-state index contributed by atoms with van der Waals surface area (Å²) in [6.45, 7) is 6.11. The lowest BCUT2D eigenvalue weighted by Gasteiger charge is -2.13. The highest BCUT2D eigenvalue weighted by Gasteiger charge is 2.26. The minimum Gasteiger partial charge on any atom is -0.497 e. The van der Waals surface area contributed by atoms with E-state index in [2.05, 4.69) is 41.0 Å². The third kappa shape index (κ3) is 3.24. The molecule has 2 aromatic rings. The van der Waals surface area contributed by atoms with Crippen LogP contribution in [0.4, 0.5) is 6.01 Å². The molecule has 1 aromatic heterocycles. The first-order valence-electron chi connectivity index (χ1n) is 7.87. The second kappa shape index (κ2) is 6.38. The van der Waals surface area contributed by atoms with Crippen molar-refractivity contribution in [1.29, 1.82) is 0 Å². The molecule has 118 valence electrons. The summed E-state index contributed by atoms with van der Waals surface area (Å²) >= 11 is 0. The van der Waals surface area contributed by atoms with Gasteiger partial charge in [-0.3, -0.25) is 0 Å². The first kappa shape index (κ1) is 14.9. The van der Waals surface area contributed by atoms with Gasteiger partial charge in [0.05, 0.1) is 7.11 Å². The lowest BCUT2D eigenvalue weighted by atomic mass is 9.99. The molecule has 0 N–H and O–H groups in total. The second-order valence-corrected chi connectivity index (χ2v) is 6.24. The fraction of sp³-hybridized carbons (Fsp3) is 0.529. The van der Waals surface area contributed by atoms with Gasteiger partial charge in [-0.15, -0.1) is 0 Å². The van der Waals surface area contributed by atoms with Crippen LogP contribution in [0.2, 0.25) is 0 Å². The number of anilines is 1. The van der Waals surface area contributed by atoms with Crippen LogP contribution in [0.3, 0.4) is 0 Å². The molecule has 0 amide bonds. The summed E-state index contributed by atoms with van der Waals surface area (Å²) in [5.41, 5.74) is 1.35. The molecule has 1 atom stereocenters. The van der Waals surface area contributed by atoms with Crippen LogP contribution in [0.5, 0.6) is 5.75 Å². The van der Waals surface area contributed by atoms with Crippen molar-refractivity contribution in [1.82, 2.24) is 10.1 Å². The Morgan fingerprint density at radius 3 is 2.73 bits per heavy atom. The maximum atomic E-state index is 5.39. The quantitative estimate of drug-likeness (QED) is 0.848. The van der Waals surface area contributed by atoms with Gasteiger partial charge in [0, 0.05) is 19.0 Å². The zero-order valence-electron chi connectivity index (χ0n) is 13.5. The fourth-order valence-corrected chi connectivity index (χ4v) is 2.86. The maximum Gasteiger partial charge on any atom is 0.324 e. The Morgan fingerprint density at radius 1 is 1.32 bits per heavy atom. The molecule has 22 heavy (non-hydrogen) atoms. The topological polar surface area (TPSA) is 51.4 Å². The van der Waals surface area contributed by atoms with Crippen molar-refractivity contribution in [2.45, 2.75) is 32.6 Å². The number of hydrogen-bond acceptors (Lipinski definition) is 5. The van der Waals surface area contributed by atoms with Crippen molar-refractivity contribution in [2.75, 3.05) is 25.1 Å². The van der Waals surface area contributed by atoms with Crippen molar-refractivity contribution >= 4 is 6.01 Å². The van der Waals surface area contributed by atoms with Gasteiger partial charge < -0.3 is 14.2 Å². The van der Waals surface area contributed by atoms with E-state index in [0.717, 1.165) is 37.5 Å². The van der Waals surface area contributed by atoms with Gasteiger partial charge >= 0.3 is 6.01 Å². The van der Waals surface area contributed by atoms with Crippen LogP contribution in [0.15, 0.2) is 28.8 Å². The minimum absolute atomic E-state index is 0.301. The van der Waals surface area contributed by atoms with Gasteiger partial charge in [-0.05, 0) is 36.5 Å². The fourth-order valence-electron chi connectivity index (χ4n) is 2.86. The highest BCUT2D eigenvalue weighted by atomic mass is 16.5. The summed E-state index contributed by atoms with van der Waals surface area (Å²) in [5, 5.41) is 4.05. The Bertz CT molecular complexity index is 607. The molecule has 1 saturated heterocycles. The standard InChI is InChI=1S/C17H23N3O2/c1-12(2)16-18-17(22-19-16)20-9-8-14(11-20)10-13-4-6-15(21-3)7-5-13/h4-7,12,14H,8-11H2,1-3H3. The summed E-state index contributed by atoms with van der Waals surface area (Å²) in [4.78, 5) is 6.69. The first-order chi connectivity index (χ1) is 10.7. The molecule has 0 radical (unpaired) electrons. The first-order valence-corrected chi connectivity index (χ1v) is 7.87. The van der Waals surface area contributed by atoms with Crippen molar-refractivity contribution in [3.8, 4) is 5.75 Å². The van der Waals surface area contributed by atoms with E-state index in [0.29, 0.717) is 17.9 Å². The molecule has 0 spiro atoms. The third-order valence-corrected chi connectivity index (χ3v) is 4.19. The molecule has 5 heteroatoms. The molecule has 0 aliphatic carbocycles. The van der Waals surface area contributed by atoms with Crippen LogP contribution in [0.1, 0.15) is 37.6 Å². The average Bonchev–Trinajstić information content (AvgIpc) is 3.16. The minimum atomic E-state index is 0.301. The number of ether oxygens (including phenoxy) is 1. The average molecular weight is 301 g/mol. The number of rotatable bonds is 5. The number of aromatic nitrogens is 2. The predicted molar refractivity (Wildman–Crippen MR) is 85.4 cm³/mol. The Kier molecular flexibility index (Phi) is 4.32. The monoisotopic (exact) mass is 301 g/mol. The molecular formula is C17H23N3O2.